The fraction of sp³-hybridized carbons (Fsp3) is 0.368. The van der Waals surface area contributed by atoms with Crippen LogP contribution < -0.4 is 62.8 Å². The van der Waals surface area contributed by atoms with Crippen LogP contribution in [0.3, 0.4) is 0 Å². The zero-order chi connectivity index (χ0) is 100. The lowest BCUT2D eigenvalue weighted by atomic mass is 10.2. The highest BCUT2D eigenvalue weighted by Crippen LogP contribution is 2.52. The summed E-state index contributed by atoms with van der Waals surface area (Å²) in [7, 11) is 4.84. The summed E-state index contributed by atoms with van der Waals surface area (Å²) < 4.78 is 223. The van der Waals surface area contributed by atoms with Crippen LogP contribution in [0.15, 0.2) is 217 Å². The molecular formula is C95H108F14N24O6. The molecule has 16 rings (SSSR count). The van der Waals surface area contributed by atoms with E-state index in [-0.39, 0.29) is 108 Å². The average molecular weight is 1950 g/mol. The maximum atomic E-state index is 14.3. The van der Waals surface area contributed by atoms with Crippen LogP contribution >= 0.6 is 0 Å². The molecule has 6 aromatic heterocycles. The third-order valence-corrected chi connectivity index (χ3v) is 21.7. The SMILES string of the molecule is CCn1nc(-c2ccc(OC/C(=C/F)CN)cc2)nc1C(F)F.CCn1nc(-c2ccc(OC/C(=C/F)CN)cc2)nc1C1(F)CC1.CCn1nc(C2(F)CC2)nc1-c1ccc(OC/C(=C/F)CN)cc1.Cn1nc(-c2ccc(OC/C(=C/F)CN)cc2)nc1C(F)F.Cn1nc(-c2ccc(OC/C(=C/F)CN)cc2)nc1C1(F)CC1.Cn1nc(C2(F)CC2)nc1-c1ccc(OC/C(=C/F)CN)cc1. The Labute approximate surface area is 791 Å². The zero-order valence-electron chi connectivity index (χ0n) is 77.0. The van der Waals surface area contributed by atoms with Crippen LogP contribution in [0, 0.1) is 0 Å². The van der Waals surface area contributed by atoms with Gasteiger partial charge in [0, 0.05) is 147 Å². The van der Waals surface area contributed by atoms with Crippen molar-refractivity contribution >= 4 is 0 Å². The molecule has 30 nitrogen and oxygen atoms in total. The molecule has 0 amide bonds. The first kappa shape index (κ1) is 106. The van der Waals surface area contributed by atoms with Gasteiger partial charge in [0.15, 0.2) is 92.6 Å². The topological polar surface area (TPSA) is 396 Å². The minimum atomic E-state index is -2.68. The number of ether oxygens (including phenoxy) is 6. The van der Waals surface area contributed by atoms with E-state index >= 15 is 0 Å². The van der Waals surface area contributed by atoms with Gasteiger partial charge in [0.05, 0.1) is 38.0 Å². The van der Waals surface area contributed by atoms with Gasteiger partial charge in [-0.25, -0.2) is 119 Å². The standard InChI is InChI=1S/2C17H20F2N4O.2C16H18F2N4O.C15H17F3N4O.C14H15F3N4O/c1-2-23-15(21-16(22-23)17(19)7-8-17)13-3-5-14(6-4-13)24-11-12(9-18)10-20;1-2-23-16(17(19)7-8-17)21-15(22-23)13-3-5-14(6-4-13)24-11-12(9-18)10-20;1-22-14(20-15(21-22)16(18)6-7-16)12-2-4-13(5-3-12)23-10-11(8-17)9-19;1-22-15(16(18)6-7-16)20-14(21-22)12-2-4-13(5-3-12)23-10-11(8-17)9-19;1-2-22-15(13(17)18)20-14(21-22)11-3-5-12(6-4-11)23-9-10(7-16)8-19;1-21-14(12(16)17)19-13(20-21)10-2-4-11(5-3-10)22-8-9(6-15)7-18/h2*3-6,9H,2,7-8,10-11,20H2,1H3;2*2-5,8H,6-7,9-10,19H2,1H3;3-7,13H,2,8-9,19H2,1H3;2-6,12H,7-8,18H2,1H3/b2*12-9+;2*11-8+;10-7+;9-6+. The Morgan fingerprint density at radius 1 is 0.295 bits per heavy atom. The maximum absolute atomic E-state index is 14.3. The van der Waals surface area contributed by atoms with Gasteiger partial charge in [0.2, 0.25) is 0 Å². The molecule has 0 saturated heterocycles. The summed E-state index contributed by atoms with van der Waals surface area (Å²) in [5.41, 5.74) is 33.3. The molecule has 0 spiro atoms. The second-order valence-electron chi connectivity index (χ2n) is 32.1. The van der Waals surface area contributed by atoms with Crippen LogP contribution in [0.1, 0.15) is 120 Å². The predicted octanol–water partition coefficient (Wildman–Crippen LogP) is 17.2. The third kappa shape index (κ3) is 28.7. The normalized spacial score (nSPS) is 14.9. The summed E-state index contributed by atoms with van der Waals surface area (Å²) in [4.78, 5) is 25.0. The van der Waals surface area contributed by atoms with Gasteiger partial charge in [-0.15, -0.1) is 0 Å². The van der Waals surface area contributed by atoms with Gasteiger partial charge in [-0.1, -0.05) is 0 Å². The average Bonchev–Trinajstić information content (AvgIpc) is 1.61. The third-order valence-electron chi connectivity index (χ3n) is 21.7. The molecule has 12 N–H and O–H groups in total. The number of halogens is 14. The molecule has 742 valence electrons. The summed E-state index contributed by atoms with van der Waals surface area (Å²) in [6, 6.07) is 41.5. The monoisotopic (exact) mass is 1950 g/mol. The first-order valence-corrected chi connectivity index (χ1v) is 44.1. The van der Waals surface area contributed by atoms with Crippen LogP contribution in [0.25, 0.3) is 68.3 Å². The number of benzene rings is 6. The molecule has 0 unspecified atom stereocenters. The van der Waals surface area contributed by atoms with E-state index in [1.807, 2.05) is 38.1 Å². The zero-order valence-corrected chi connectivity index (χ0v) is 77.0. The molecule has 6 heterocycles. The van der Waals surface area contributed by atoms with Crippen molar-refractivity contribution in [2.75, 3.05) is 78.9 Å². The summed E-state index contributed by atoms with van der Waals surface area (Å²) in [5, 5.41) is 25.1. The smallest absolute Gasteiger partial charge is 0.297 e. The van der Waals surface area contributed by atoms with Gasteiger partial charge in [-0.05, 0) is 218 Å². The van der Waals surface area contributed by atoms with E-state index < -0.39 is 41.4 Å². The van der Waals surface area contributed by atoms with Crippen molar-refractivity contribution in [1.29, 1.82) is 0 Å². The number of aromatic nitrogens is 18. The molecule has 139 heavy (non-hydrogen) atoms. The quantitative estimate of drug-likeness (QED) is 0.0195. The van der Waals surface area contributed by atoms with Gasteiger partial charge in [0.25, 0.3) is 12.9 Å². The molecule has 4 aliphatic carbocycles. The second-order valence-corrected chi connectivity index (χ2v) is 32.1. The molecule has 4 fully saturated rings. The number of alkyl halides is 8. The van der Waals surface area contributed by atoms with Gasteiger partial charge >= 0.3 is 0 Å². The lowest BCUT2D eigenvalue weighted by molar-refractivity contribution is 0.134. The lowest BCUT2D eigenvalue weighted by Gasteiger charge is -2.08. The first-order valence-electron chi connectivity index (χ1n) is 44.1. The molecule has 4 saturated carbocycles. The number of aryl methyl sites for hydroxylation is 6. The summed E-state index contributed by atoms with van der Waals surface area (Å²) in [6.45, 7) is 8.16. The van der Waals surface area contributed by atoms with Gasteiger partial charge in [-0.2, -0.15) is 30.6 Å². The second kappa shape index (κ2) is 49.5. The first-order chi connectivity index (χ1) is 66.9. The van der Waals surface area contributed by atoms with Crippen LogP contribution in [-0.2, 0) is 63.5 Å². The fourth-order valence-corrected chi connectivity index (χ4v) is 12.7. The highest BCUT2D eigenvalue weighted by Gasteiger charge is 2.52. The number of nitrogens with zero attached hydrogens (tertiary/aromatic N) is 18. The predicted molar refractivity (Wildman–Crippen MR) is 493 cm³/mol. The van der Waals surface area contributed by atoms with Gasteiger partial charge in [0.1, 0.15) is 74.1 Å². The van der Waals surface area contributed by atoms with E-state index in [0.717, 1.165) is 26.9 Å². The molecule has 4 aliphatic rings. The lowest BCUT2D eigenvalue weighted by Crippen LogP contribution is -2.10. The van der Waals surface area contributed by atoms with E-state index in [2.05, 4.69) is 60.5 Å². The van der Waals surface area contributed by atoms with Crippen molar-refractivity contribution in [3.63, 3.8) is 0 Å². The molecule has 44 heteroatoms. The van der Waals surface area contributed by atoms with E-state index in [4.69, 9.17) is 62.8 Å². The Morgan fingerprint density at radius 2 is 0.554 bits per heavy atom. The van der Waals surface area contributed by atoms with Gasteiger partial charge in [-0.3, -0.25) is 0 Å². The minimum Gasteiger partial charge on any atom is -0.489 e. The molecular weight excluding hydrogens is 1840 g/mol. The summed E-state index contributed by atoms with van der Waals surface area (Å²) >= 11 is 0. The molecule has 0 bridgehead atoms. The van der Waals surface area contributed by atoms with Crippen molar-refractivity contribution in [3.05, 3.63) is 252 Å². The Kier molecular flexibility index (Phi) is 37.6. The van der Waals surface area contributed by atoms with Crippen LogP contribution in [0.4, 0.5) is 61.5 Å². The van der Waals surface area contributed by atoms with Crippen molar-refractivity contribution in [3.8, 4) is 103 Å². The highest BCUT2D eigenvalue weighted by atomic mass is 19.3. The fourth-order valence-electron chi connectivity index (χ4n) is 12.7. The number of nitrogens with two attached hydrogens (primary N) is 6. The van der Waals surface area contributed by atoms with Crippen LogP contribution in [-0.4, -0.2) is 167 Å². The Bertz CT molecular complexity index is 6080. The van der Waals surface area contributed by atoms with E-state index in [0.29, 0.717) is 223 Å². The number of hydrogen-bond donors (Lipinski definition) is 6. The van der Waals surface area contributed by atoms with E-state index in [9.17, 15) is 61.5 Å². The number of hydrogen-bond acceptors (Lipinski definition) is 24. The van der Waals surface area contributed by atoms with Crippen LogP contribution in [0.2, 0.25) is 0 Å². The molecule has 0 aliphatic heterocycles. The van der Waals surface area contributed by atoms with Crippen molar-refractivity contribution in [1.82, 2.24) is 88.6 Å². The molecule has 0 radical (unpaired) electrons. The Morgan fingerprint density at radius 3 is 0.849 bits per heavy atom. The Balaban J connectivity index is 0.000000160. The largest absolute Gasteiger partial charge is 0.489 e. The van der Waals surface area contributed by atoms with Crippen molar-refractivity contribution < 1.29 is 89.9 Å². The van der Waals surface area contributed by atoms with E-state index in [1.54, 1.807) is 156 Å². The number of rotatable bonds is 39. The minimum absolute atomic E-state index is 0.0454. The Hall–Kier alpha value is -13.8. The van der Waals surface area contributed by atoms with Crippen LogP contribution in [0.5, 0.6) is 34.5 Å². The summed E-state index contributed by atoms with van der Waals surface area (Å²) in [5.74, 6) is 6.53. The maximum Gasteiger partial charge on any atom is 0.297 e. The van der Waals surface area contributed by atoms with Gasteiger partial charge < -0.3 is 62.8 Å². The molecule has 6 aromatic carbocycles. The van der Waals surface area contributed by atoms with Crippen molar-refractivity contribution in [2.24, 2.45) is 55.5 Å². The van der Waals surface area contributed by atoms with Crippen molar-refractivity contribution in [2.45, 2.75) is 127 Å². The molecule has 0 atom stereocenters. The highest BCUT2D eigenvalue weighted by molar-refractivity contribution is 5.61. The molecule has 12 aromatic rings. The van der Waals surface area contributed by atoms with E-state index in [1.165, 1.54) is 16.4 Å². The summed E-state index contributed by atoms with van der Waals surface area (Å²) in [6.07, 6.45) is 1.24.